The quantitative estimate of drug-likeness (QED) is 0.681. The molecule has 2 aliphatic carbocycles. The van der Waals surface area contributed by atoms with E-state index in [1.54, 1.807) is 0 Å². The standard InChI is InChI=1S/C14H16N2/c1-3-10-7-5-4-6-8-13(16-2)11-9-12(11)14(10)15/h4-7,9-10,15H,2-3,8H2,1H3/b6-4-,7-5-,13-11?,15-14?. The average Bonchev–Trinajstić information content (AvgIpc) is 3.07. The number of aliphatic imine (C=N–C) groups is 1. The summed E-state index contributed by atoms with van der Waals surface area (Å²) in [6.07, 6.45) is 12.0. The number of nitrogens with zero attached hydrogens (tertiary/aromatic N) is 1. The summed E-state index contributed by atoms with van der Waals surface area (Å²) in [7, 11) is 0. The van der Waals surface area contributed by atoms with Crippen LogP contribution in [0.4, 0.5) is 0 Å². The van der Waals surface area contributed by atoms with E-state index in [0.29, 0.717) is 5.71 Å². The van der Waals surface area contributed by atoms with Gasteiger partial charge in [-0.3, -0.25) is 4.99 Å². The zero-order chi connectivity index (χ0) is 11.5. The van der Waals surface area contributed by atoms with Gasteiger partial charge >= 0.3 is 0 Å². The van der Waals surface area contributed by atoms with Gasteiger partial charge < -0.3 is 5.41 Å². The molecule has 0 aliphatic heterocycles. The molecule has 0 aromatic rings. The number of fused-ring (bicyclic) bond motifs is 1. The van der Waals surface area contributed by atoms with Crippen molar-refractivity contribution in [2.24, 2.45) is 10.9 Å². The topological polar surface area (TPSA) is 36.2 Å². The zero-order valence-electron chi connectivity index (χ0n) is 9.53. The zero-order valence-corrected chi connectivity index (χ0v) is 9.53. The van der Waals surface area contributed by atoms with Gasteiger partial charge in [0, 0.05) is 29.2 Å². The van der Waals surface area contributed by atoms with Gasteiger partial charge in [-0.25, -0.2) is 0 Å². The molecule has 16 heavy (non-hydrogen) atoms. The van der Waals surface area contributed by atoms with Crippen LogP contribution in [-0.2, 0) is 0 Å². The molecule has 82 valence electrons. The largest absolute Gasteiger partial charge is 0.304 e. The second-order valence-corrected chi connectivity index (χ2v) is 4.02. The first-order valence-electron chi connectivity index (χ1n) is 5.62. The van der Waals surface area contributed by atoms with E-state index in [1.165, 1.54) is 0 Å². The van der Waals surface area contributed by atoms with Crippen molar-refractivity contribution in [3.05, 3.63) is 47.2 Å². The highest BCUT2D eigenvalue weighted by Gasteiger charge is 2.27. The van der Waals surface area contributed by atoms with E-state index in [2.05, 4.69) is 30.8 Å². The number of rotatable bonds is 2. The molecule has 1 unspecified atom stereocenters. The number of hydrogen-bond acceptors (Lipinski definition) is 2. The van der Waals surface area contributed by atoms with Gasteiger partial charge in [-0.1, -0.05) is 31.2 Å². The van der Waals surface area contributed by atoms with Crippen LogP contribution in [0, 0.1) is 11.3 Å². The molecule has 0 saturated heterocycles. The predicted octanol–water partition coefficient (Wildman–Crippen LogP) is 3.44. The summed E-state index contributed by atoms with van der Waals surface area (Å²) < 4.78 is 0. The third-order valence-corrected chi connectivity index (χ3v) is 3.00. The predicted molar refractivity (Wildman–Crippen MR) is 69.1 cm³/mol. The summed E-state index contributed by atoms with van der Waals surface area (Å²) >= 11 is 0. The van der Waals surface area contributed by atoms with Crippen LogP contribution in [0.2, 0.25) is 0 Å². The van der Waals surface area contributed by atoms with Crippen LogP contribution < -0.4 is 0 Å². The van der Waals surface area contributed by atoms with Crippen LogP contribution in [0.25, 0.3) is 0 Å². The van der Waals surface area contributed by atoms with E-state index in [-0.39, 0.29) is 5.92 Å². The number of nitrogens with one attached hydrogen (secondary N) is 1. The summed E-state index contributed by atoms with van der Waals surface area (Å²) in [6.45, 7) is 5.70. The summed E-state index contributed by atoms with van der Waals surface area (Å²) in [5, 5.41) is 8.12. The Hall–Kier alpha value is -1.70. The fraction of sp³-hybridized carbons (Fsp3) is 0.286. The fourth-order valence-corrected chi connectivity index (χ4v) is 1.92. The van der Waals surface area contributed by atoms with Gasteiger partial charge in [0.05, 0.1) is 5.70 Å². The first-order chi connectivity index (χ1) is 7.77. The minimum atomic E-state index is 0.220. The van der Waals surface area contributed by atoms with Crippen LogP contribution in [0.3, 0.4) is 0 Å². The Kier molecular flexibility index (Phi) is 3.00. The molecule has 0 heterocycles. The molecule has 0 spiro atoms. The Bertz CT molecular complexity index is 447. The molecule has 0 bridgehead atoms. The average molecular weight is 212 g/mol. The molecule has 0 aromatic carbocycles. The van der Waals surface area contributed by atoms with Gasteiger partial charge in [-0.05, 0) is 19.2 Å². The van der Waals surface area contributed by atoms with Gasteiger partial charge in [0.25, 0.3) is 0 Å². The lowest BCUT2D eigenvalue weighted by Crippen LogP contribution is -2.09. The Balaban J connectivity index is 2.32. The van der Waals surface area contributed by atoms with E-state index < -0.39 is 0 Å². The smallest absolute Gasteiger partial charge is 0.0513 e. The molecule has 2 rings (SSSR count). The maximum Gasteiger partial charge on any atom is 0.0513 e. The minimum Gasteiger partial charge on any atom is -0.304 e. The molecule has 0 aromatic heterocycles. The van der Waals surface area contributed by atoms with E-state index in [4.69, 9.17) is 5.41 Å². The van der Waals surface area contributed by atoms with Crippen molar-refractivity contribution in [2.45, 2.75) is 19.8 Å². The summed E-state index contributed by atoms with van der Waals surface area (Å²) in [5.74, 6) is 0.220. The van der Waals surface area contributed by atoms with Gasteiger partial charge in [0.2, 0.25) is 0 Å². The third-order valence-electron chi connectivity index (χ3n) is 3.00. The fourth-order valence-electron chi connectivity index (χ4n) is 1.92. The van der Waals surface area contributed by atoms with Crippen molar-refractivity contribution < 1.29 is 0 Å². The Labute approximate surface area is 96.3 Å². The maximum absolute atomic E-state index is 8.12. The highest BCUT2D eigenvalue weighted by Crippen LogP contribution is 2.36. The minimum absolute atomic E-state index is 0.220. The van der Waals surface area contributed by atoms with Crippen LogP contribution in [-0.4, -0.2) is 12.4 Å². The van der Waals surface area contributed by atoms with E-state index >= 15 is 0 Å². The first kappa shape index (κ1) is 10.8. The van der Waals surface area contributed by atoms with Crippen molar-refractivity contribution >= 4 is 12.4 Å². The summed E-state index contributed by atoms with van der Waals surface area (Å²) in [4.78, 5) is 4.03. The van der Waals surface area contributed by atoms with Crippen molar-refractivity contribution in [1.82, 2.24) is 0 Å². The molecule has 0 amide bonds. The molecule has 1 atom stereocenters. The van der Waals surface area contributed by atoms with Crippen LogP contribution in [0.1, 0.15) is 19.8 Å². The van der Waals surface area contributed by atoms with Crippen molar-refractivity contribution in [1.29, 1.82) is 5.41 Å². The Morgan fingerprint density at radius 3 is 3.00 bits per heavy atom. The molecule has 2 nitrogen and oxygen atoms in total. The summed E-state index contributed by atoms with van der Waals surface area (Å²) in [5.41, 5.74) is 3.89. The second-order valence-electron chi connectivity index (χ2n) is 4.02. The van der Waals surface area contributed by atoms with E-state index in [0.717, 1.165) is 29.7 Å². The highest BCUT2D eigenvalue weighted by atomic mass is 14.7. The molecule has 2 aliphatic rings. The lowest BCUT2D eigenvalue weighted by atomic mass is 9.96. The van der Waals surface area contributed by atoms with Crippen LogP contribution in [0.5, 0.6) is 0 Å². The lowest BCUT2D eigenvalue weighted by molar-refractivity contribution is 0.812. The second kappa shape index (κ2) is 4.44. The number of hydrogen-bond donors (Lipinski definition) is 1. The van der Waals surface area contributed by atoms with E-state index in [9.17, 15) is 0 Å². The lowest BCUT2D eigenvalue weighted by Gasteiger charge is -2.10. The summed E-state index contributed by atoms with van der Waals surface area (Å²) in [6, 6.07) is 0. The molecule has 2 heteroatoms. The van der Waals surface area contributed by atoms with Gasteiger partial charge in [0.15, 0.2) is 0 Å². The third kappa shape index (κ3) is 1.96. The molecule has 0 saturated carbocycles. The van der Waals surface area contributed by atoms with Crippen molar-refractivity contribution in [3.8, 4) is 0 Å². The first-order valence-corrected chi connectivity index (χ1v) is 5.62. The molecule has 0 radical (unpaired) electrons. The molecule has 1 N–H and O–H groups in total. The van der Waals surface area contributed by atoms with Crippen LogP contribution >= 0.6 is 0 Å². The Morgan fingerprint density at radius 2 is 2.31 bits per heavy atom. The van der Waals surface area contributed by atoms with Crippen molar-refractivity contribution in [2.75, 3.05) is 0 Å². The van der Waals surface area contributed by atoms with Gasteiger partial charge in [-0.2, -0.15) is 0 Å². The van der Waals surface area contributed by atoms with Crippen LogP contribution in [0.15, 0.2) is 52.2 Å². The molecule has 0 fully saturated rings. The van der Waals surface area contributed by atoms with Gasteiger partial charge in [0.1, 0.15) is 0 Å². The molecular formula is C14H16N2. The highest BCUT2D eigenvalue weighted by molar-refractivity contribution is 6.11. The maximum atomic E-state index is 8.12. The monoisotopic (exact) mass is 212 g/mol. The van der Waals surface area contributed by atoms with Crippen molar-refractivity contribution in [3.63, 3.8) is 0 Å². The molecular weight excluding hydrogens is 196 g/mol. The Morgan fingerprint density at radius 1 is 1.50 bits per heavy atom. The normalized spacial score (nSPS) is 27.9. The SMILES string of the molecule is C=NC1=C2C=C2C(=N)C(CC)/C=C\C=C/C1. The van der Waals surface area contributed by atoms with Gasteiger partial charge in [-0.15, -0.1) is 0 Å². The van der Waals surface area contributed by atoms with E-state index in [1.807, 2.05) is 18.2 Å². The number of allylic oxidation sites excluding steroid dienone is 7.